The molecule has 6 nitrogen and oxygen atoms in total. The Morgan fingerprint density at radius 2 is 1.86 bits per heavy atom. The molecule has 0 atom stereocenters. The van der Waals surface area contributed by atoms with Crippen LogP contribution < -0.4 is 5.32 Å². The summed E-state index contributed by atoms with van der Waals surface area (Å²) in [5.41, 5.74) is 1.61. The maximum atomic E-state index is 11.0. The van der Waals surface area contributed by atoms with Crippen molar-refractivity contribution in [1.29, 1.82) is 0 Å². The first-order valence-electron chi connectivity index (χ1n) is 6.55. The average Bonchev–Trinajstić information content (AvgIpc) is 2.48. The minimum Gasteiger partial charge on any atom is -0.505 e. The summed E-state index contributed by atoms with van der Waals surface area (Å²) in [5, 5.41) is 32.4. The molecule has 0 aliphatic carbocycles. The van der Waals surface area contributed by atoms with Crippen LogP contribution in [-0.4, -0.2) is 21.7 Å². The number of aryl methyl sites for hydroxylation is 1. The summed E-state index contributed by atoms with van der Waals surface area (Å²) in [4.78, 5) is 10.4. The summed E-state index contributed by atoms with van der Waals surface area (Å²) in [5.74, 6) is -0.173. The molecule has 2 aromatic carbocycles. The van der Waals surface area contributed by atoms with E-state index < -0.39 is 4.92 Å². The van der Waals surface area contributed by atoms with Crippen molar-refractivity contribution in [1.82, 2.24) is 0 Å². The number of aliphatic hydroxyl groups excluding tert-OH is 1. The topological polar surface area (TPSA) is 95.6 Å². The minimum absolute atomic E-state index is 0.0746. The number of para-hydroxylation sites is 1. The Morgan fingerprint density at radius 3 is 2.48 bits per heavy atom. The number of rotatable bonds is 6. The number of anilines is 2. The van der Waals surface area contributed by atoms with Crippen LogP contribution >= 0.6 is 0 Å². The Morgan fingerprint density at radius 1 is 1.14 bits per heavy atom. The number of phenols is 1. The van der Waals surface area contributed by atoms with Gasteiger partial charge in [-0.25, -0.2) is 0 Å². The Balaban J connectivity index is 2.20. The van der Waals surface area contributed by atoms with Gasteiger partial charge in [-0.15, -0.1) is 0 Å². The molecule has 0 saturated carbocycles. The van der Waals surface area contributed by atoms with Gasteiger partial charge in [0.15, 0.2) is 5.69 Å². The smallest absolute Gasteiger partial charge is 0.296 e. The van der Waals surface area contributed by atoms with Crippen molar-refractivity contribution in [3.05, 3.63) is 58.1 Å². The third-order valence-electron chi connectivity index (χ3n) is 3.06. The summed E-state index contributed by atoms with van der Waals surface area (Å²) in [6, 6.07) is 11.5. The molecule has 0 fully saturated rings. The Kier molecular flexibility index (Phi) is 4.73. The van der Waals surface area contributed by atoms with Crippen molar-refractivity contribution >= 4 is 17.1 Å². The average molecular weight is 288 g/mol. The predicted molar refractivity (Wildman–Crippen MR) is 79.9 cm³/mol. The van der Waals surface area contributed by atoms with Crippen LogP contribution in [0.25, 0.3) is 0 Å². The number of nitro groups is 1. The predicted octanol–water partition coefficient (Wildman–Crippen LogP) is 2.97. The highest BCUT2D eigenvalue weighted by Crippen LogP contribution is 2.35. The molecule has 0 heterocycles. The molecule has 2 rings (SSSR count). The van der Waals surface area contributed by atoms with Crippen LogP contribution in [0, 0.1) is 10.1 Å². The number of phenolic OH excluding ortho intramolecular Hbond substituents is 1. The number of benzene rings is 2. The summed E-state index contributed by atoms with van der Waals surface area (Å²) in [6.07, 6.45) is 1.46. The van der Waals surface area contributed by atoms with Crippen LogP contribution in [-0.2, 0) is 6.42 Å². The zero-order valence-corrected chi connectivity index (χ0v) is 11.3. The molecule has 0 aromatic heterocycles. The minimum atomic E-state index is -0.544. The highest BCUT2D eigenvalue weighted by molar-refractivity contribution is 5.75. The van der Waals surface area contributed by atoms with Gasteiger partial charge in [0, 0.05) is 18.4 Å². The standard InChI is InChI=1S/C15H16N2O4/c18-10-2-3-11-6-8-12(9-7-11)16-15-13(17(20)21)4-1-5-14(15)19/h1,4-9,16,18-19H,2-3,10H2. The lowest BCUT2D eigenvalue weighted by Gasteiger charge is -2.09. The quantitative estimate of drug-likeness (QED) is 0.431. The van der Waals surface area contributed by atoms with E-state index in [1.807, 2.05) is 12.1 Å². The number of nitrogens with one attached hydrogen (secondary N) is 1. The van der Waals surface area contributed by atoms with Crippen LogP contribution in [0.5, 0.6) is 5.75 Å². The fourth-order valence-corrected chi connectivity index (χ4v) is 1.99. The molecule has 0 amide bonds. The molecule has 0 bridgehead atoms. The number of aliphatic hydroxyl groups is 1. The van der Waals surface area contributed by atoms with Crippen molar-refractivity contribution in [2.45, 2.75) is 12.8 Å². The van der Waals surface area contributed by atoms with Crippen LogP contribution in [0.4, 0.5) is 17.1 Å². The molecular weight excluding hydrogens is 272 g/mol. The lowest BCUT2D eigenvalue weighted by Crippen LogP contribution is -1.97. The van der Waals surface area contributed by atoms with E-state index in [0.29, 0.717) is 12.1 Å². The first-order valence-corrected chi connectivity index (χ1v) is 6.55. The number of aromatic hydroxyl groups is 1. The van der Waals surface area contributed by atoms with E-state index in [4.69, 9.17) is 5.11 Å². The van der Waals surface area contributed by atoms with Gasteiger partial charge in [-0.2, -0.15) is 0 Å². The van der Waals surface area contributed by atoms with Gasteiger partial charge in [-0.05, 0) is 36.6 Å². The van der Waals surface area contributed by atoms with Crippen molar-refractivity contribution in [2.24, 2.45) is 0 Å². The third kappa shape index (κ3) is 3.70. The second-order valence-corrected chi connectivity index (χ2v) is 4.58. The Bertz CT molecular complexity index is 626. The molecule has 0 spiro atoms. The molecule has 2 aromatic rings. The van der Waals surface area contributed by atoms with E-state index in [1.54, 1.807) is 12.1 Å². The van der Waals surface area contributed by atoms with E-state index in [0.717, 1.165) is 12.0 Å². The monoisotopic (exact) mass is 288 g/mol. The molecule has 3 N–H and O–H groups in total. The Labute approximate surface area is 121 Å². The summed E-state index contributed by atoms with van der Waals surface area (Å²) < 4.78 is 0. The normalized spacial score (nSPS) is 10.3. The van der Waals surface area contributed by atoms with Crippen molar-refractivity contribution in [3.63, 3.8) is 0 Å². The Hall–Kier alpha value is -2.60. The maximum absolute atomic E-state index is 11.0. The maximum Gasteiger partial charge on any atom is 0.296 e. The van der Waals surface area contributed by atoms with Crippen molar-refractivity contribution < 1.29 is 15.1 Å². The molecule has 0 radical (unpaired) electrons. The van der Waals surface area contributed by atoms with Gasteiger partial charge in [-0.1, -0.05) is 18.2 Å². The van der Waals surface area contributed by atoms with Crippen LogP contribution in [0.3, 0.4) is 0 Å². The van der Waals surface area contributed by atoms with E-state index in [-0.39, 0.29) is 23.7 Å². The second-order valence-electron chi connectivity index (χ2n) is 4.58. The van der Waals surface area contributed by atoms with Crippen LogP contribution in [0.15, 0.2) is 42.5 Å². The first-order chi connectivity index (χ1) is 10.1. The molecule has 0 saturated heterocycles. The molecular formula is C15H16N2O4. The molecule has 110 valence electrons. The zero-order chi connectivity index (χ0) is 15.2. The van der Waals surface area contributed by atoms with E-state index in [1.165, 1.54) is 18.2 Å². The van der Waals surface area contributed by atoms with Gasteiger partial charge in [0.2, 0.25) is 0 Å². The first kappa shape index (κ1) is 14.8. The second kappa shape index (κ2) is 6.71. The number of hydrogen-bond acceptors (Lipinski definition) is 5. The highest BCUT2D eigenvalue weighted by Gasteiger charge is 2.17. The molecule has 0 aliphatic heterocycles. The van der Waals surface area contributed by atoms with E-state index in [9.17, 15) is 15.2 Å². The van der Waals surface area contributed by atoms with Crippen LogP contribution in [0.2, 0.25) is 0 Å². The SMILES string of the molecule is O=[N+]([O-])c1cccc(O)c1Nc1ccc(CCCO)cc1. The highest BCUT2D eigenvalue weighted by atomic mass is 16.6. The van der Waals surface area contributed by atoms with Crippen LogP contribution in [0.1, 0.15) is 12.0 Å². The summed E-state index contributed by atoms with van der Waals surface area (Å²) >= 11 is 0. The lowest BCUT2D eigenvalue weighted by molar-refractivity contribution is -0.384. The zero-order valence-electron chi connectivity index (χ0n) is 11.3. The summed E-state index contributed by atoms with van der Waals surface area (Å²) in [7, 11) is 0. The third-order valence-corrected chi connectivity index (χ3v) is 3.06. The largest absolute Gasteiger partial charge is 0.505 e. The molecule has 6 heteroatoms. The van der Waals surface area contributed by atoms with Gasteiger partial charge in [0.05, 0.1) is 4.92 Å². The van der Waals surface area contributed by atoms with E-state index >= 15 is 0 Å². The molecule has 0 unspecified atom stereocenters. The van der Waals surface area contributed by atoms with Crippen molar-refractivity contribution in [3.8, 4) is 5.75 Å². The van der Waals surface area contributed by atoms with Gasteiger partial charge in [0.25, 0.3) is 5.69 Å². The van der Waals surface area contributed by atoms with Gasteiger partial charge < -0.3 is 15.5 Å². The fourth-order valence-electron chi connectivity index (χ4n) is 1.99. The van der Waals surface area contributed by atoms with Crippen molar-refractivity contribution in [2.75, 3.05) is 11.9 Å². The number of nitro benzene ring substituents is 1. The molecule has 0 aliphatic rings. The summed E-state index contributed by atoms with van der Waals surface area (Å²) in [6.45, 7) is 0.143. The molecule has 21 heavy (non-hydrogen) atoms. The van der Waals surface area contributed by atoms with Gasteiger partial charge in [-0.3, -0.25) is 10.1 Å². The fraction of sp³-hybridized carbons (Fsp3) is 0.200. The lowest BCUT2D eigenvalue weighted by atomic mass is 10.1. The number of nitrogens with zero attached hydrogens (tertiary/aromatic N) is 1. The van der Waals surface area contributed by atoms with Gasteiger partial charge >= 0.3 is 0 Å². The number of hydrogen-bond donors (Lipinski definition) is 3. The van der Waals surface area contributed by atoms with Gasteiger partial charge in [0.1, 0.15) is 5.75 Å². The van der Waals surface area contributed by atoms with E-state index in [2.05, 4.69) is 5.32 Å².